The molecule has 34 heavy (non-hydrogen) atoms. The van der Waals surface area contributed by atoms with Gasteiger partial charge in [-0.15, -0.1) is 11.3 Å². The topological polar surface area (TPSA) is 93.2 Å². The van der Waals surface area contributed by atoms with Gasteiger partial charge in [0.25, 0.3) is 5.91 Å². The van der Waals surface area contributed by atoms with Gasteiger partial charge in [-0.2, -0.15) is 0 Å². The lowest BCUT2D eigenvalue weighted by Gasteiger charge is -2.08. The molecule has 0 aliphatic carbocycles. The van der Waals surface area contributed by atoms with E-state index in [1.165, 1.54) is 6.08 Å². The van der Waals surface area contributed by atoms with Gasteiger partial charge < -0.3 is 15.4 Å². The summed E-state index contributed by atoms with van der Waals surface area (Å²) >= 11 is 1.59. The predicted molar refractivity (Wildman–Crippen MR) is 134 cm³/mol. The molecule has 0 unspecified atom stereocenters. The summed E-state index contributed by atoms with van der Waals surface area (Å²) in [7, 11) is 0. The standard InChI is InChI=1S/C26H22N4O3S/c1-18-28-23(17-34-18)16-33-24-7-2-4-19(14-24)8-9-25(31)29-21-5-3-6-22(15-21)30-26(32)20-10-12-27-13-11-20/h2-15,17H,16H2,1H3,(H,29,31)(H,30,32)/b9-8+. The number of nitrogens with zero attached hydrogens (tertiary/aromatic N) is 2. The summed E-state index contributed by atoms with van der Waals surface area (Å²) in [5.74, 6) is 0.158. The Morgan fingerprint density at radius 2 is 1.76 bits per heavy atom. The van der Waals surface area contributed by atoms with Crippen molar-refractivity contribution in [1.82, 2.24) is 9.97 Å². The smallest absolute Gasteiger partial charge is 0.255 e. The monoisotopic (exact) mass is 470 g/mol. The fraction of sp³-hybridized carbons (Fsp3) is 0.0769. The molecular weight excluding hydrogens is 448 g/mol. The van der Waals surface area contributed by atoms with Gasteiger partial charge in [-0.05, 0) is 61.0 Å². The van der Waals surface area contributed by atoms with E-state index in [0.717, 1.165) is 16.3 Å². The Kier molecular flexibility index (Phi) is 7.42. The van der Waals surface area contributed by atoms with Crippen LogP contribution in [0.5, 0.6) is 5.75 Å². The van der Waals surface area contributed by atoms with E-state index in [2.05, 4.69) is 20.6 Å². The SMILES string of the molecule is Cc1nc(COc2cccc(/C=C/C(=O)Nc3cccc(NC(=O)c4ccncc4)c3)c2)cs1. The number of nitrogens with one attached hydrogen (secondary N) is 2. The zero-order valence-corrected chi connectivity index (χ0v) is 19.2. The van der Waals surface area contributed by atoms with E-state index in [9.17, 15) is 9.59 Å². The fourth-order valence-corrected chi connectivity index (χ4v) is 3.67. The van der Waals surface area contributed by atoms with E-state index in [0.29, 0.717) is 29.3 Å². The third kappa shape index (κ3) is 6.60. The van der Waals surface area contributed by atoms with Crippen LogP contribution in [0.2, 0.25) is 0 Å². The molecule has 0 radical (unpaired) electrons. The number of carbonyl (C=O) groups is 2. The Morgan fingerprint density at radius 3 is 2.53 bits per heavy atom. The number of thiazole rings is 1. The van der Waals surface area contributed by atoms with Crippen molar-refractivity contribution in [3.05, 3.63) is 106 Å². The average molecular weight is 471 g/mol. The van der Waals surface area contributed by atoms with Gasteiger partial charge in [0, 0.05) is 40.8 Å². The number of anilines is 2. The minimum absolute atomic E-state index is 0.252. The van der Waals surface area contributed by atoms with Crippen LogP contribution >= 0.6 is 11.3 Å². The zero-order valence-electron chi connectivity index (χ0n) is 18.4. The van der Waals surface area contributed by atoms with Crippen LogP contribution < -0.4 is 15.4 Å². The Morgan fingerprint density at radius 1 is 1.00 bits per heavy atom. The molecule has 2 aromatic heterocycles. The minimum atomic E-state index is -0.290. The zero-order chi connectivity index (χ0) is 23.8. The molecule has 2 amide bonds. The van der Waals surface area contributed by atoms with Crippen LogP contribution in [0, 0.1) is 6.92 Å². The van der Waals surface area contributed by atoms with Gasteiger partial charge in [-0.25, -0.2) is 4.98 Å². The number of rotatable bonds is 8. The summed E-state index contributed by atoms with van der Waals surface area (Å²) < 4.78 is 5.80. The Hall–Kier alpha value is -4.30. The van der Waals surface area contributed by atoms with E-state index in [1.807, 2.05) is 36.6 Å². The molecule has 0 saturated carbocycles. The molecule has 2 heterocycles. The van der Waals surface area contributed by atoms with Crippen molar-refractivity contribution in [2.45, 2.75) is 13.5 Å². The summed E-state index contributed by atoms with van der Waals surface area (Å²) in [5, 5.41) is 8.59. The summed E-state index contributed by atoms with van der Waals surface area (Å²) in [6.45, 7) is 2.35. The average Bonchev–Trinajstić information content (AvgIpc) is 3.27. The molecule has 4 rings (SSSR count). The molecule has 7 nitrogen and oxygen atoms in total. The van der Waals surface area contributed by atoms with E-state index < -0.39 is 0 Å². The highest BCUT2D eigenvalue weighted by atomic mass is 32.1. The van der Waals surface area contributed by atoms with E-state index in [1.54, 1.807) is 66.2 Å². The molecular formula is C26H22N4O3S. The lowest BCUT2D eigenvalue weighted by atomic mass is 10.2. The first kappa shape index (κ1) is 22.9. The minimum Gasteiger partial charge on any atom is -0.487 e. The van der Waals surface area contributed by atoms with Crippen LogP contribution in [-0.4, -0.2) is 21.8 Å². The Labute approximate surface area is 201 Å². The van der Waals surface area contributed by atoms with Crippen molar-refractivity contribution in [3.63, 3.8) is 0 Å². The second-order valence-corrected chi connectivity index (χ2v) is 8.37. The number of aryl methyl sites for hydroxylation is 1. The van der Waals surface area contributed by atoms with Crippen LogP contribution in [0.25, 0.3) is 6.08 Å². The van der Waals surface area contributed by atoms with Gasteiger partial charge in [0.15, 0.2) is 0 Å². The lowest BCUT2D eigenvalue weighted by Crippen LogP contribution is -2.12. The molecule has 0 aliphatic heterocycles. The molecule has 170 valence electrons. The van der Waals surface area contributed by atoms with Crippen LogP contribution in [0.1, 0.15) is 26.6 Å². The number of hydrogen-bond acceptors (Lipinski definition) is 6. The van der Waals surface area contributed by atoms with E-state index >= 15 is 0 Å². The second kappa shape index (κ2) is 11.0. The molecule has 2 aromatic carbocycles. The van der Waals surface area contributed by atoms with Gasteiger partial charge >= 0.3 is 0 Å². The van der Waals surface area contributed by atoms with Crippen molar-refractivity contribution in [1.29, 1.82) is 0 Å². The normalized spacial score (nSPS) is 10.7. The van der Waals surface area contributed by atoms with Gasteiger partial charge in [0.05, 0.1) is 10.7 Å². The molecule has 0 spiro atoms. The molecule has 0 fully saturated rings. The number of carbonyl (C=O) groups excluding carboxylic acids is 2. The first-order valence-corrected chi connectivity index (χ1v) is 11.4. The molecule has 0 saturated heterocycles. The van der Waals surface area contributed by atoms with E-state index in [4.69, 9.17) is 4.74 Å². The number of aromatic nitrogens is 2. The van der Waals surface area contributed by atoms with Crippen molar-refractivity contribution >= 4 is 40.6 Å². The van der Waals surface area contributed by atoms with Gasteiger partial charge in [-0.3, -0.25) is 14.6 Å². The summed E-state index contributed by atoms with van der Waals surface area (Å²) in [6, 6.07) is 17.7. The molecule has 4 aromatic rings. The maximum Gasteiger partial charge on any atom is 0.255 e. The third-order valence-corrected chi connectivity index (χ3v) is 5.49. The number of hydrogen-bond donors (Lipinski definition) is 2. The van der Waals surface area contributed by atoms with Crippen molar-refractivity contribution in [2.24, 2.45) is 0 Å². The largest absolute Gasteiger partial charge is 0.487 e. The summed E-state index contributed by atoms with van der Waals surface area (Å²) in [5.41, 5.74) is 3.37. The number of benzene rings is 2. The van der Waals surface area contributed by atoms with Crippen molar-refractivity contribution in [2.75, 3.05) is 10.6 Å². The van der Waals surface area contributed by atoms with Gasteiger partial charge in [0.1, 0.15) is 12.4 Å². The Bertz CT molecular complexity index is 1320. The first-order valence-electron chi connectivity index (χ1n) is 10.5. The van der Waals surface area contributed by atoms with E-state index in [-0.39, 0.29) is 11.8 Å². The molecule has 2 N–H and O–H groups in total. The quantitative estimate of drug-likeness (QED) is 0.340. The Balaban J connectivity index is 1.33. The van der Waals surface area contributed by atoms with Gasteiger partial charge in [-0.1, -0.05) is 18.2 Å². The molecule has 8 heteroatoms. The highest BCUT2D eigenvalue weighted by Gasteiger charge is 2.07. The maximum absolute atomic E-state index is 12.4. The van der Waals surface area contributed by atoms with Crippen LogP contribution in [0.3, 0.4) is 0 Å². The van der Waals surface area contributed by atoms with Crippen LogP contribution in [-0.2, 0) is 11.4 Å². The summed E-state index contributed by atoms with van der Waals surface area (Å²) in [4.78, 5) is 33.0. The third-order valence-electron chi connectivity index (χ3n) is 4.67. The molecule has 0 aliphatic rings. The number of pyridine rings is 1. The van der Waals surface area contributed by atoms with Gasteiger partial charge in [0.2, 0.25) is 5.91 Å². The second-order valence-electron chi connectivity index (χ2n) is 7.31. The predicted octanol–water partition coefficient (Wildman–Crippen LogP) is 5.33. The maximum atomic E-state index is 12.4. The highest BCUT2D eigenvalue weighted by molar-refractivity contribution is 7.09. The van der Waals surface area contributed by atoms with Crippen LogP contribution in [0.15, 0.2) is 84.5 Å². The number of amides is 2. The molecule has 0 bridgehead atoms. The lowest BCUT2D eigenvalue weighted by molar-refractivity contribution is -0.111. The highest BCUT2D eigenvalue weighted by Crippen LogP contribution is 2.18. The fourth-order valence-electron chi connectivity index (χ4n) is 3.08. The van der Waals surface area contributed by atoms with Crippen LogP contribution in [0.4, 0.5) is 11.4 Å². The molecule has 0 atom stereocenters. The number of ether oxygens (including phenoxy) is 1. The van der Waals surface area contributed by atoms with Crippen molar-refractivity contribution in [3.8, 4) is 5.75 Å². The first-order chi connectivity index (χ1) is 16.5. The summed E-state index contributed by atoms with van der Waals surface area (Å²) in [6.07, 6.45) is 6.28. The van der Waals surface area contributed by atoms with Crippen molar-refractivity contribution < 1.29 is 14.3 Å².